The maximum absolute atomic E-state index is 8.56. The highest BCUT2D eigenvalue weighted by Crippen LogP contribution is 2.27. The largest absolute Gasteiger partial charge is 0.497 e. The molecule has 0 spiro atoms. The molecule has 0 aliphatic rings. The number of nitriles is 1. The van der Waals surface area contributed by atoms with Crippen LogP contribution in [0.1, 0.15) is 0 Å². The minimum atomic E-state index is 0.249. The van der Waals surface area contributed by atoms with Crippen LogP contribution in [0.15, 0.2) is 30.5 Å². The predicted octanol–water partition coefficient (Wildman–Crippen LogP) is 2.18. The molecule has 2 aromatic rings. The number of anilines is 1. The molecule has 0 fully saturated rings. The van der Waals surface area contributed by atoms with Crippen LogP contribution in [0.5, 0.6) is 5.75 Å². The van der Waals surface area contributed by atoms with Crippen LogP contribution in [0.3, 0.4) is 0 Å². The Bertz CT molecular complexity index is 545. The minimum Gasteiger partial charge on any atom is -0.497 e. The Balaban J connectivity index is 2.55. The molecule has 16 heavy (non-hydrogen) atoms. The smallest absolute Gasteiger partial charge is 0.121 e. The first-order chi connectivity index (χ1) is 7.85. The average Bonchev–Trinajstić information content (AvgIpc) is 2.35. The molecule has 4 nitrogen and oxygen atoms in total. The summed E-state index contributed by atoms with van der Waals surface area (Å²) in [7, 11) is 1.62. The van der Waals surface area contributed by atoms with Gasteiger partial charge in [0, 0.05) is 17.6 Å². The Morgan fingerprint density at radius 2 is 2.38 bits per heavy atom. The highest BCUT2D eigenvalue weighted by molar-refractivity contribution is 5.91. The molecular weight excluding hydrogens is 202 g/mol. The van der Waals surface area contributed by atoms with E-state index in [1.807, 2.05) is 30.3 Å². The molecule has 0 bridgehead atoms. The SMILES string of the molecule is COc1cc(NCC#N)c2ncccc2c1. The Hall–Kier alpha value is -2.28. The number of methoxy groups -OCH3 is 1. The van der Waals surface area contributed by atoms with E-state index < -0.39 is 0 Å². The van der Waals surface area contributed by atoms with Gasteiger partial charge in [-0.15, -0.1) is 0 Å². The number of ether oxygens (including phenoxy) is 1. The van der Waals surface area contributed by atoms with E-state index >= 15 is 0 Å². The maximum atomic E-state index is 8.56. The van der Waals surface area contributed by atoms with Gasteiger partial charge in [-0.3, -0.25) is 4.98 Å². The van der Waals surface area contributed by atoms with Crippen LogP contribution < -0.4 is 10.1 Å². The molecule has 2 rings (SSSR count). The number of rotatable bonds is 3. The number of hydrogen-bond donors (Lipinski definition) is 1. The van der Waals surface area contributed by atoms with E-state index in [0.717, 1.165) is 22.3 Å². The van der Waals surface area contributed by atoms with Gasteiger partial charge >= 0.3 is 0 Å². The van der Waals surface area contributed by atoms with Gasteiger partial charge in [-0.2, -0.15) is 5.26 Å². The molecule has 80 valence electrons. The highest BCUT2D eigenvalue weighted by Gasteiger charge is 2.04. The summed E-state index contributed by atoms with van der Waals surface area (Å²) in [5, 5.41) is 12.6. The van der Waals surface area contributed by atoms with Crippen LogP contribution in [0.25, 0.3) is 10.9 Å². The number of hydrogen-bond acceptors (Lipinski definition) is 4. The lowest BCUT2D eigenvalue weighted by molar-refractivity contribution is 0.415. The lowest BCUT2D eigenvalue weighted by Gasteiger charge is -2.08. The Morgan fingerprint density at radius 1 is 1.50 bits per heavy atom. The molecule has 4 heteroatoms. The van der Waals surface area contributed by atoms with E-state index in [-0.39, 0.29) is 6.54 Å². The quantitative estimate of drug-likeness (QED) is 0.794. The summed E-state index contributed by atoms with van der Waals surface area (Å²) in [5.74, 6) is 0.751. The zero-order valence-corrected chi connectivity index (χ0v) is 8.90. The number of aromatic nitrogens is 1. The van der Waals surface area contributed by atoms with Crippen molar-refractivity contribution in [3.8, 4) is 11.8 Å². The van der Waals surface area contributed by atoms with Crippen LogP contribution in [0.4, 0.5) is 5.69 Å². The average molecular weight is 213 g/mol. The van der Waals surface area contributed by atoms with E-state index in [1.165, 1.54) is 0 Å². The molecule has 0 aliphatic carbocycles. The normalized spacial score (nSPS) is 9.75. The number of benzene rings is 1. The van der Waals surface area contributed by atoms with Crippen molar-refractivity contribution in [2.45, 2.75) is 0 Å². The van der Waals surface area contributed by atoms with Gasteiger partial charge < -0.3 is 10.1 Å². The second kappa shape index (κ2) is 4.49. The number of nitrogens with one attached hydrogen (secondary N) is 1. The van der Waals surface area contributed by atoms with Gasteiger partial charge in [-0.1, -0.05) is 6.07 Å². The van der Waals surface area contributed by atoms with E-state index in [2.05, 4.69) is 10.3 Å². The van der Waals surface area contributed by atoms with E-state index in [0.29, 0.717) is 0 Å². The fraction of sp³-hybridized carbons (Fsp3) is 0.167. The lowest BCUT2D eigenvalue weighted by Crippen LogP contribution is -2.00. The van der Waals surface area contributed by atoms with Crippen molar-refractivity contribution in [1.82, 2.24) is 4.98 Å². The first kappa shape index (κ1) is 10.2. The van der Waals surface area contributed by atoms with Gasteiger partial charge in [-0.05, 0) is 12.1 Å². The monoisotopic (exact) mass is 213 g/mol. The van der Waals surface area contributed by atoms with Gasteiger partial charge in [0.2, 0.25) is 0 Å². The van der Waals surface area contributed by atoms with Crippen LogP contribution in [-0.2, 0) is 0 Å². The summed E-state index contributed by atoms with van der Waals surface area (Å²) < 4.78 is 5.19. The van der Waals surface area contributed by atoms with Crippen LogP contribution >= 0.6 is 0 Å². The lowest BCUT2D eigenvalue weighted by atomic mass is 10.2. The second-order valence-corrected chi connectivity index (χ2v) is 3.26. The zero-order valence-electron chi connectivity index (χ0n) is 8.90. The van der Waals surface area contributed by atoms with E-state index in [1.54, 1.807) is 13.3 Å². The zero-order chi connectivity index (χ0) is 11.4. The summed E-state index contributed by atoms with van der Waals surface area (Å²) >= 11 is 0. The molecule has 0 radical (unpaired) electrons. The molecule has 0 saturated carbocycles. The van der Waals surface area contributed by atoms with Crippen molar-refractivity contribution in [1.29, 1.82) is 5.26 Å². The third-order valence-electron chi connectivity index (χ3n) is 2.27. The van der Waals surface area contributed by atoms with Gasteiger partial charge in [0.1, 0.15) is 12.3 Å². The molecule has 1 aromatic heterocycles. The third kappa shape index (κ3) is 1.89. The Kier molecular flexibility index (Phi) is 2.88. The van der Waals surface area contributed by atoms with Crippen LogP contribution in [-0.4, -0.2) is 18.6 Å². The first-order valence-corrected chi connectivity index (χ1v) is 4.88. The number of nitrogens with zero attached hydrogens (tertiary/aromatic N) is 2. The molecule has 1 N–H and O–H groups in total. The first-order valence-electron chi connectivity index (χ1n) is 4.88. The molecule has 0 aliphatic heterocycles. The molecule has 0 saturated heterocycles. The summed E-state index contributed by atoms with van der Waals surface area (Å²) in [4.78, 5) is 4.28. The van der Waals surface area contributed by atoms with Crippen molar-refractivity contribution in [3.05, 3.63) is 30.5 Å². The van der Waals surface area contributed by atoms with E-state index in [4.69, 9.17) is 10.00 Å². The Labute approximate surface area is 93.5 Å². The molecule has 0 amide bonds. The topological polar surface area (TPSA) is 57.9 Å². The van der Waals surface area contributed by atoms with Gasteiger partial charge in [0.25, 0.3) is 0 Å². The molecule has 0 unspecified atom stereocenters. The molecule has 1 heterocycles. The standard InChI is InChI=1S/C12H11N3O/c1-16-10-7-9-3-2-5-15-12(9)11(8-10)14-6-4-13/h2-3,5,7-8,14H,6H2,1H3. The van der Waals surface area contributed by atoms with Crippen molar-refractivity contribution in [3.63, 3.8) is 0 Å². The van der Waals surface area contributed by atoms with Crippen molar-refractivity contribution >= 4 is 16.6 Å². The molecule has 1 aromatic carbocycles. The number of pyridine rings is 1. The summed E-state index contributed by atoms with van der Waals surface area (Å²) in [6.07, 6.45) is 1.73. The molecular formula is C12H11N3O. The highest BCUT2D eigenvalue weighted by atomic mass is 16.5. The second-order valence-electron chi connectivity index (χ2n) is 3.26. The van der Waals surface area contributed by atoms with Gasteiger partial charge in [-0.25, -0.2) is 0 Å². The Morgan fingerprint density at radius 3 is 3.12 bits per heavy atom. The van der Waals surface area contributed by atoms with Gasteiger partial charge in [0.05, 0.1) is 24.4 Å². The fourth-order valence-electron chi connectivity index (χ4n) is 1.55. The van der Waals surface area contributed by atoms with E-state index in [9.17, 15) is 0 Å². The third-order valence-corrected chi connectivity index (χ3v) is 2.27. The summed E-state index contributed by atoms with van der Waals surface area (Å²) in [6, 6.07) is 9.63. The minimum absolute atomic E-state index is 0.249. The van der Waals surface area contributed by atoms with Crippen LogP contribution in [0.2, 0.25) is 0 Å². The summed E-state index contributed by atoms with van der Waals surface area (Å²) in [5.41, 5.74) is 1.66. The number of fused-ring (bicyclic) bond motifs is 1. The van der Waals surface area contributed by atoms with Crippen molar-refractivity contribution < 1.29 is 4.74 Å². The van der Waals surface area contributed by atoms with Crippen molar-refractivity contribution in [2.24, 2.45) is 0 Å². The maximum Gasteiger partial charge on any atom is 0.121 e. The van der Waals surface area contributed by atoms with Crippen molar-refractivity contribution in [2.75, 3.05) is 19.0 Å². The summed E-state index contributed by atoms with van der Waals surface area (Å²) in [6.45, 7) is 0.249. The predicted molar refractivity (Wildman–Crippen MR) is 62.4 cm³/mol. The van der Waals surface area contributed by atoms with Gasteiger partial charge in [0.15, 0.2) is 0 Å². The fourth-order valence-corrected chi connectivity index (χ4v) is 1.55. The molecule has 0 atom stereocenters. The van der Waals surface area contributed by atoms with Crippen LogP contribution in [0, 0.1) is 11.3 Å².